The van der Waals surface area contributed by atoms with Crippen LogP contribution in [0.2, 0.25) is 0 Å². The maximum Gasteiger partial charge on any atom is 0.411 e. The van der Waals surface area contributed by atoms with Crippen molar-refractivity contribution in [3.8, 4) is 11.3 Å². The van der Waals surface area contributed by atoms with Crippen LogP contribution >= 0.6 is 0 Å². The first-order valence-electron chi connectivity index (χ1n) is 8.70. The number of benzene rings is 2. The lowest BCUT2D eigenvalue weighted by Crippen LogP contribution is -2.41. The minimum Gasteiger partial charge on any atom is -0.465 e. The number of pyridine rings is 1. The molecule has 0 spiro atoms. The Balaban J connectivity index is 1.64. The van der Waals surface area contributed by atoms with Gasteiger partial charge in [-0.2, -0.15) is 0 Å². The fraction of sp³-hybridized carbons (Fsp3) is 0.143. The molecule has 0 bridgehead atoms. The monoisotopic (exact) mass is 361 g/mol. The van der Waals surface area contributed by atoms with Crippen molar-refractivity contribution in [1.82, 2.24) is 4.98 Å². The van der Waals surface area contributed by atoms with Crippen LogP contribution in [0.3, 0.4) is 0 Å². The third-order valence-corrected chi connectivity index (χ3v) is 4.72. The minimum atomic E-state index is -0.935. The summed E-state index contributed by atoms with van der Waals surface area (Å²) in [6.07, 6.45) is 0.736. The molecule has 0 saturated carbocycles. The predicted octanol–water partition coefficient (Wildman–Crippen LogP) is 3.88. The molecular weight excluding hydrogens is 342 g/mol. The van der Waals surface area contributed by atoms with Crippen LogP contribution < -0.4 is 9.80 Å². The molecule has 6 heteroatoms. The molecule has 1 aliphatic rings. The van der Waals surface area contributed by atoms with Gasteiger partial charge in [-0.05, 0) is 35.9 Å². The van der Waals surface area contributed by atoms with E-state index >= 15 is 0 Å². The average Bonchev–Trinajstić information content (AvgIpc) is 2.73. The van der Waals surface area contributed by atoms with Gasteiger partial charge in [0.05, 0.1) is 23.7 Å². The fourth-order valence-electron chi connectivity index (χ4n) is 3.33. The van der Waals surface area contributed by atoms with Crippen LogP contribution in [0.4, 0.5) is 21.9 Å². The van der Waals surface area contributed by atoms with Gasteiger partial charge in [-0.1, -0.05) is 30.3 Å². The molecule has 27 heavy (non-hydrogen) atoms. The fourth-order valence-corrected chi connectivity index (χ4v) is 3.33. The van der Waals surface area contributed by atoms with Crippen LogP contribution in [0.25, 0.3) is 11.3 Å². The minimum absolute atomic E-state index is 0.0199. The Labute approximate surface area is 156 Å². The molecule has 0 aliphatic carbocycles. The average molecular weight is 361 g/mol. The number of anilines is 3. The maximum atomic E-state index is 11.5. The highest BCUT2D eigenvalue weighted by atomic mass is 16.4. The van der Waals surface area contributed by atoms with Gasteiger partial charge < -0.3 is 15.1 Å². The molecule has 0 radical (unpaired) electrons. The largest absolute Gasteiger partial charge is 0.465 e. The number of amides is 1. The van der Waals surface area contributed by atoms with Crippen LogP contribution in [-0.2, 0) is 6.61 Å². The molecule has 2 aromatic carbocycles. The van der Waals surface area contributed by atoms with Crippen LogP contribution in [0, 0.1) is 0 Å². The number of aliphatic hydroxyl groups excluding tert-OH is 1. The first-order valence-corrected chi connectivity index (χ1v) is 8.70. The zero-order valence-corrected chi connectivity index (χ0v) is 14.6. The third kappa shape index (κ3) is 3.22. The summed E-state index contributed by atoms with van der Waals surface area (Å²) in [7, 11) is 0. The normalized spacial score (nSPS) is 13.4. The molecule has 1 amide bonds. The van der Waals surface area contributed by atoms with Gasteiger partial charge in [0.15, 0.2) is 0 Å². The summed E-state index contributed by atoms with van der Waals surface area (Å²) >= 11 is 0. The Bertz CT molecular complexity index is 955. The van der Waals surface area contributed by atoms with E-state index in [-0.39, 0.29) is 6.61 Å². The van der Waals surface area contributed by atoms with Crippen LogP contribution in [0.5, 0.6) is 0 Å². The van der Waals surface area contributed by atoms with Crippen molar-refractivity contribution in [3.63, 3.8) is 0 Å². The number of hydrogen-bond donors (Lipinski definition) is 2. The first-order chi connectivity index (χ1) is 13.2. The lowest BCUT2D eigenvalue weighted by atomic mass is 10.1. The van der Waals surface area contributed by atoms with Crippen molar-refractivity contribution in [3.05, 3.63) is 72.4 Å². The lowest BCUT2D eigenvalue weighted by molar-refractivity contribution is 0.201. The van der Waals surface area contributed by atoms with E-state index in [9.17, 15) is 9.90 Å². The molecule has 1 aromatic heterocycles. The topological polar surface area (TPSA) is 76.9 Å². The summed E-state index contributed by atoms with van der Waals surface area (Å²) in [5.41, 5.74) is 5.19. The number of nitrogens with zero attached hydrogens (tertiary/aromatic N) is 3. The second-order valence-electron chi connectivity index (χ2n) is 6.33. The number of aliphatic hydroxyl groups is 1. The number of carboxylic acid groups (broad SMARTS) is 1. The summed E-state index contributed by atoms with van der Waals surface area (Å²) in [5.74, 6) is 0. The van der Waals surface area contributed by atoms with Gasteiger partial charge in [0.2, 0.25) is 0 Å². The first kappa shape index (κ1) is 17.1. The quantitative estimate of drug-likeness (QED) is 0.740. The van der Waals surface area contributed by atoms with E-state index in [1.165, 1.54) is 4.90 Å². The maximum absolute atomic E-state index is 11.5. The SMILES string of the molecule is O=C(O)N1CCN(c2ccc(-c3ccc(CO)cn3)cc2)c2ccccc21. The number of fused-ring (bicyclic) bond motifs is 1. The number of rotatable bonds is 3. The predicted molar refractivity (Wildman–Crippen MR) is 104 cm³/mol. The number of aromatic nitrogens is 1. The highest BCUT2D eigenvalue weighted by Crippen LogP contribution is 2.38. The van der Waals surface area contributed by atoms with Crippen molar-refractivity contribution < 1.29 is 15.0 Å². The molecule has 3 aromatic rings. The second kappa shape index (κ2) is 7.09. The molecule has 6 nitrogen and oxygen atoms in total. The van der Waals surface area contributed by atoms with Crippen LogP contribution in [-0.4, -0.2) is 34.4 Å². The van der Waals surface area contributed by atoms with E-state index in [1.54, 1.807) is 6.20 Å². The Morgan fingerprint density at radius 2 is 1.70 bits per heavy atom. The highest BCUT2D eigenvalue weighted by Gasteiger charge is 2.26. The zero-order chi connectivity index (χ0) is 18.8. The van der Waals surface area contributed by atoms with E-state index in [0.29, 0.717) is 18.8 Å². The van der Waals surface area contributed by atoms with Crippen molar-refractivity contribution in [2.75, 3.05) is 22.9 Å². The summed E-state index contributed by atoms with van der Waals surface area (Å²) in [4.78, 5) is 19.4. The summed E-state index contributed by atoms with van der Waals surface area (Å²) < 4.78 is 0. The zero-order valence-electron chi connectivity index (χ0n) is 14.6. The molecule has 2 heterocycles. The van der Waals surface area contributed by atoms with Crippen LogP contribution in [0.15, 0.2) is 66.9 Å². The van der Waals surface area contributed by atoms with Gasteiger partial charge >= 0.3 is 6.09 Å². The smallest absolute Gasteiger partial charge is 0.411 e. The summed E-state index contributed by atoms with van der Waals surface area (Å²) in [6.45, 7) is 0.984. The Morgan fingerprint density at radius 1 is 0.963 bits per heavy atom. The van der Waals surface area contributed by atoms with E-state index in [4.69, 9.17) is 5.11 Å². The molecule has 0 saturated heterocycles. The molecule has 4 rings (SSSR count). The summed E-state index contributed by atoms with van der Waals surface area (Å²) in [5, 5.41) is 18.6. The Morgan fingerprint density at radius 3 is 2.33 bits per heavy atom. The van der Waals surface area contributed by atoms with Gasteiger partial charge in [0, 0.05) is 30.5 Å². The van der Waals surface area contributed by atoms with E-state index in [2.05, 4.69) is 9.88 Å². The van der Waals surface area contributed by atoms with E-state index in [0.717, 1.165) is 28.2 Å². The van der Waals surface area contributed by atoms with Gasteiger partial charge in [-0.3, -0.25) is 9.88 Å². The molecular formula is C21H19N3O3. The van der Waals surface area contributed by atoms with Gasteiger partial charge in [-0.25, -0.2) is 4.79 Å². The molecule has 136 valence electrons. The van der Waals surface area contributed by atoms with Gasteiger partial charge in [-0.15, -0.1) is 0 Å². The molecule has 1 aliphatic heterocycles. The number of carbonyl (C=O) groups is 1. The van der Waals surface area contributed by atoms with Gasteiger partial charge in [0.25, 0.3) is 0 Å². The summed E-state index contributed by atoms with van der Waals surface area (Å²) in [6, 6.07) is 19.3. The Kier molecular flexibility index (Phi) is 4.48. The lowest BCUT2D eigenvalue weighted by Gasteiger charge is -2.36. The van der Waals surface area contributed by atoms with Gasteiger partial charge in [0.1, 0.15) is 0 Å². The molecule has 0 fully saturated rings. The van der Waals surface area contributed by atoms with Crippen molar-refractivity contribution >= 4 is 23.2 Å². The molecule has 2 N–H and O–H groups in total. The highest BCUT2D eigenvalue weighted by molar-refractivity contribution is 5.94. The van der Waals surface area contributed by atoms with Crippen molar-refractivity contribution in [1.29, 1.82) is 0 Å². The molecule has 0 unspecified atom stereocenters. The molecule has 0 atom stereocenters. The van der Waals surface area contributed by atoms with Crippen LogP contribution in [0.1, 0.15) is 5.56 Å². The standard InChI is InChI=1S/C21H19N3O3/c25-14-15-5-10-18(22-13-15)16-6-8-17(9-7-16)23-11-12-24(21(26)27)20-4-2-1-3-19(20)23/h1-10,13,25H,11-12,14H2,(H,26,27). The Hall–Kier alpha value is -3.38. The van der Waals surface area contributed by atoms with Crippen molar-refractivity contribution in [2.45, 2.75) is 6.61 Å². The second-order valence-corrected chi connectivity index (χ2v) is 6.33. The number of para-hydroxylation sites is 2. The number of hydrogen-bond acceptors (Lipinski definition) is 4. The van der Waals surface area contributed by atoms with E-state index in [1.807, 2.05) is 60.7 Å². The van der Waals surface area contributed by atoms with E-state index < -0.39 is 6.09 Å². The third-order valence-electron chi connectivity index (χ3n) is 4.72. The van der Waals surface area contributed by atoms with Crippen molar-refractivity contribution in [2.24, 2.45) is 0 Å².